The van der Waals surface area contributed by atoms with E-state index in [0.29, 0.717) is 19.4 Å². The summed E-state index contributed by atoms with van der Waals surface area (Å²) in [6, 6.07) is -0.810. The van der Waals surface area contributed by atoms with Crippen LogP contribution in [-0.2, 0) is 23.8 Å². The predicted molar refractivity (Wildman–Crippen MR) is 315 cm³/mol. The van der Waals surface area contributed by atoms with Gasteiger partial charge in [0.15, 0.2) is 6.29 Å². The Morgan fingerprint density at radius 1 is 0.474 bits per heavy atom. The van der Waals surface area contributed by atoms with Crippen LogP contribution in [-0.4, -0.2) is 100 Å². The molecule has 1 fully saturated rings. The number of hydrogen-bond donors (Lipinski definition) is 6. The average Bonchev–Trinajstić information content (AvgIpc) is 3.42. The SMILES string of the molecule is CCCCCCCC/C=C\CCCCCCCCCCCC(=O)OCCCCCCCCCCCCCCCCCCCCCCC(=O)NC(COC1OC(CO)C(O)C(O)C1O)C(O)/C=C/CCCCCCCCC. The summed E-state index contributed by atoms with van der Waals surface area (Å²) in [7, 11) is 0. The lowest BCUT2D eigenvalue weighted by Crippen LogP contribution is -2.60. The third-order valence-electron chi connectivity index (χ3n) is 15.6. The van der Waals surface area contributed by atoms with E-state index in [1.807, 2.05) is 6.08 Å². The van der Waals surface area contributed by atoms with Crippen LogP contribution in [0.1, 0.15) is 316 Å². The summed E-state index contributed by atoms with van der Waals surface area (Å²) in [4.78, 5) is 25.1. The molecule has 1 saturated heterocycles. The van der Waals surface area contributed by atoms with Crippen LogP contribution in [0.2, 0.25) is 0 Å². The van der Waals surface area contributed by atoms with E-state index in [2.05, 4.69) is 31.3 Å². The molecule has 1 amide bonds. The number of carbonyl (C=O) groups is 2. The van der Waals surface area contributed by atoms with Crippen molar-refractivity contribution < 1.29 is 49.3 Å². The van der Waals surface area contributed by atoms with Gasteiger partial charge in [-0.3, -0.25) is 9.59 Å². The van der Waals surface area contributed by atoms with Gasteiger partial charge in [0.2, 0.25) is 5.91 Å². The number of hydrogen-bond acceptors (Lipinski definition) is 10. The van der Waals surface area contributed by atoms with E-state index < -0.39 is 49.5 Å². The van der Waals surface area contributed by atoms with Crippen molar-refractivity contribution in [3.8, 4) is 0 Å². The fourth-order valence-electron chi connectivity index (χ4n) is 10.4. The Morgan fingerprint density at radius 2 is 0.842 bits per heavy atom. The lowest BCUT2D eigenvalue weighted by Gasteiger charge is -2.40. The zero-order valence-corrected chi connectivity index (χ0v) is 49.5. The van der Waals surface area contributed by atoms with Gasteiger partial charge in [-0.2, -0.15) is 0 Å². The smallest absolute Gasteiger partial charge is 0.305 e. The van der Waals surface area contributed by atoms with Gasteiger partial charge in [0.1, 0.15) is 24.4 Å². The van der Waals surface area contributed by atoms with Gasteiger partial charge in [0.25, 0.3) is 0 Å². The standard InChI is InChI=1S/C65H123NO10/c1-3-5-7-9-11-13-14-15-16-17-20-24-27-30-33-37-41-45-49-53-61(70)74-54-50-46-42-38-34-31-28-25-22-19-18-21-23-26-29-32-36-40-44-48-52-60(69)66-57(58(68)51-47-43-39-35-12-10-8-6-4-2)56-75-65-64(73)63(72)62(71)59(55-67)76-65/h15-16,47,51,57-59,62-65,67-68,71-73H,3-14,17-46,48-50,52-56H2,1-2H3,(H,66,69)/b16-15-,51-47+. The first-order valence-electron chi connectivity index (χ1n) is 32.6. The molecule has 0 aliphatic carbocycles. The van der Waals surface area contributed by atoms with Crippen LogP contribution in [0.3, 0.4) is 0 Å². The highest BCUT2D eigenvalue weighted by molar-refractivity contribution is 5.76. The summed E-state index contributed by atoms with van der Waals surface area (Å²) < 4.78 is 16.7. The van der Waals surface area contributed by atoms with E-state index in [-0.39, 0.29) is 18.5 Å². The largest absolute Gasteiger partial charge is 0.466 e. The van der Waals surface area contributed by atoms with Gasteiger partial charge in [-0.15, -0.1) is 0 Å². The van der Waals surface area contributed by atoms with Gasteiger partial charge in [0.05, 0.1) is 32.0 Å². The maximum absolute atomic E-state index is 13.0. The van der Waals surface area contributed by atoms with E-state index in [1.165, 1.54) is 225 Å². The van der Waals surface area contributed by atoms with Crippen LogP contribution in [0.5, 0.6) is 0 Å². The predicted octanol–water partition coefficient (Wildman–Crippen LogP) is 15.7. The van der Waals surface area contributed by atoms with Crippen molar-refractivity contribution in [2.24, 2.45) is 0 Å². The van der Waals surface area contributed by atoms with Gasteiger partial charge in [-0.05, 0) is 57.8 Å². The molecule has 6 N–H and O–H groups in total. The molecule has 1 rings (SSSR count). The first-order chi connectivity index (χ1) is 37.2. The number of aliphatic hydroxyl groups is 5. The molecule has 0 aromatic heterocycles. The minimum absolute atomic E-state index is 0.00344. The molecule has 7 unspecified atom stereocenters. The van der Waals surface area contributed by atoms with Crippen LogP contribution in [0.15, 0.2) is 24.3 Å². The second kappa shape index (κ2) is 55.1. The molecule has 76 heavy (non-hydrogen) atoms. The number of unbranched alkanes of at least 4 members (excludes halogenated alkanes) is 41. The van der Waals surface area contributed by atoms with Crippen LogP contribution >= 0.6 is 0 Å². The van der Waals surface area contributed by atoms with Crippen molar-refractivity contribution in [1.82, 2.24) is 5.32 Å². The van der Waals surface area contributed by atoms with Crippen molar-refractivity contribution >= 4 is 11.9 Å². The van der Waals surface area contributed by atoms with Crippen molar-refractivity contribution in [1.29, 1.82) is 0 Å². The van der Waals surface area contributed by atoms with Crippen LogP contribution in [0.25, 0.3) is 0 Å². The quantitative estimate of drug-likeness (QED) is 0.0195. The molecule has 0 saturated carbocycles. The molecule has 0 aromatic carbocycles. The number of rotatable bonds is 57. The van der Waals surface area contributed by atoms with Crippen LogP contribution in [0.4, 0.5) is 0 Å². The second-order valence-corrected chi connectivity index (χ2v) is 22.8. The summed E-state index contributed by atoms with van der Waals surface area (Å²) in [6.45, 7) is 4.32. The maximum Gasteiger partial charge on any atom is 0.305 e. The Kier molecular flexibility index (Phi) is 52.3. The fraction of sp³-hybridized carbons (Fsp3) is 0.908. The highest BCUT2D eigenvalue weighted by atomic mass is 16.7. The third kappa shape index (κ3) is 44.0. The molecule has 1 aliphatic heterocycles. The number of ether oxygens (including phenoxy) is 3. The third-order valence-corrected chi connectivity index (χ3v) is 15.6. The zero-order chi connectivity index (χ0) is 55.2. The summed E-state index contributed by atoms with van der Waals surface area (Å²) in [5.74, 6) is -0.188. The molecule has 0 spiro atoms. The van der Waals surface area contributed by atoms with E-state index in [0.717, 1.165) is 64.2 Å². The number of allylic oxidation sites excluding steroid dienone is 3. The lowest BCUT2D eigenvalue weighted by atomic mass is 9.99. The topological polar surface area (TPSA) is 175 Å². The Hall–Kier alpha value is -1.86. The molecule has 0 bridgehead atoms. The first-order valence-corrected chi connectivity index (χ1v) is 32.6. The Morgan fingerprint density at radius 3 is 1.26 bits per heavy atom. The molecule has 1 aliphatic rings. The first kappa shape index (κ1) is 72.2. The second-order valence-electron chi connectivity index (χ2n) is 22.8. The van der Waals surface area contributed by atoms with E-state index >= 15 is 0 Å². The highest BCUT2D eigenvalue weighted by Gasteiger charge is 2.44. The number of aliphatic hydroxyl groups excluding tert-OH is 5. The number of carbonyl (C=O) groups excluding carboxylic acids is 2. The molecule has 1 heterocycles. The maximum atomic E-state index is 13.0. The highest BCUT2D eigenvalue weighted by Crippen LogP contribution is 2.23. The number of amides is 1. The Bertz CT molecular complexity index is 1310. The summed E-state index contributed by atoms with van der Waals surface area (Å²) in [5.41, 5.74) is 0. The van der Waals surface area contributed by atoms with Crippen molar-refractivity contribution in [2.75, 3.05) is 19.8 Å². The monoisotopic (exact) mass is 1080 g/mol. The summed E-state index contributed by atoms with van der Waals surface area (Å²) in [6.07, 6.45) is 57.3. The average molecular weight is 1080 g/mol. The van der Waals surface area contributed by atoms with Gasteiger partial charge < -0.3 is 45.1 Å². The molecular weight excluding hydrogens is 955 g/mol. The summed E-state index contributed by atoms with van der Waals surface area (Å²) >= 11 is 0. The van der Waals surface area contributed by atoms with Crippen LogP contribution in [0, 0.1) is 0 Å². The van der Waals surface area contributed by atoms with Crippen molar-refractivity contribution in [3.63, 3.8) is 0 Å². The molecule has 0 aromatic rings. The molecule has 11 heteroatoms. The van der Waals surface area contributed by atoms with Crippen LogP contribution < -0.4 is 5.32 Å². The number of nitrogens with one attached hydrogen (secondary N) is 1. The van der Waals surface area contributed by atoms with E-state index in [1.54, 1.807) is 6.08 Å². The minimum Gasteiger partial charge on any atom is -0.466 e. The van der Waals surface area contributed by atoms with Gasteiger partial charge in [-0.1, -0.05) is 269 Å². The van der Waals surface area contributed by atoms with Gasteiger partial charge in [-0.25, -0.2) is 0 Å². The molecule has 448 valence electrons. The Balaban J connectivity index is 1.95. The molecular formula is C65H123NO10. The van der Waals surface area contributed by atoms with Gasteiger partial charge in [0, 0.05) is 12.8 Å². The zero-order valence-electron chi connectivity index (χ0n) is 49.5. The fourth-order valence-corrected chi connectivity index (χ4v) is 10.4. The number of esters is 1. The lowest BCUT2D eigenvalue weighted by molar-refractivity contribution is -0.302. The van der Waals surface area contributed by atoms with E-state index in [4.69, 9.17) is 14.2 Å². The Labute approximate surface area is 467 Å². The molecule has 7 atom stereocenters. The summed E-state index contributed by atoms with van der Waals surface area (Å²) in [5, 5.41) is 54.2. The van der Waals surface area contributed by atoms with Crippen molar-refractivity contribution in [2.45, 2.75) is 358 Å². The normalized spacial score (nSPS) is 18.8. The molecule has 11 nitrogen and oxygen atoms in total. The minimum atomic E-state index is -1.57. The van der Waals surface area contributed by atoms with Gasteiger partial charge >= 0.3 is 5.97 Å². The van der Waals surface area contributed by atoms with E-state index in [9.17, 15) is 35.1 Å². The van der Waals surface area contributed by atoms with Crippen molar-refractivity contribution in [3.05, 3.63) is 24.3 Å². The molecule has 0 radical (unpaired) electrons.